The molecule has 0 bridgehead atoms. The Kier molecular flexibility index (Phi) is 6.12. The lowest BCUT2D eigenvalue weighted by Crippen LogP contribution is -2.15. The Labute approximate surface area is 168 Å². The van der Waals surface area contributed by atoms with Gasteiger partial charge in [-0.25, -0.2) is 9.59 Å². The second-order valence-corrected chi connectivity index (χ2v) is 7.09. The number of esters is 1. The first-order valence-corrected chi connectivity index (χ1v) is 9.28. The number of aldehydes is 1. The van der Waals surface area contributed by atoms with Crippen molar-refractivity contribution in [3.63, 3.8) is 0 Å². The third-order valence-corrected chi connectivity index (χ3v) is 4.60. The summed E-state index contributed by atoms with van der Waals surface area (Å²) < 4.78 is 16.0. The van der Waals surface area contributed by atoms with Crippen LogP contribution in [0.1, 0.15) is 46.8 Å². The maximum Gasteiger partial charge on any atom is 0.344 e. The zero-order valence-electron chi connectivity index (χ0n) is 16.6. The minimum Gasteiger partial charge on any atom is -0.482 e. The molecule has 0 atom stereocenters. The molecule has 6 nitrogen and oxygen atoms in total. The first-order valence-electron chi connectivity index (χ1n) is 9.28. The van der Waals surface area contributed by atoms with Crippen LogP contribution in [0.5, 0.6) is 5.75 Å². The SMILES string of the molecule is Cc1cc2oc(=O)cc(COC(=O)COc3ccc(C=O)cc3)c2cc1C(C)C. The molecule has 3 rings (SSSR count). The lowest BCUT2D eigenvalue weighted by atomic mass is 9.95. The Hall–Kier alpha value is -3.41. The number of carbonyl (C=O) groups excluding carboxylic acids is 2. The Bertz CT molecular complexity index is 1090. The van der Waals surface area contributed by atoms with Crippen LogP contribution in [-0.2, 0) is 16.1 Å². The normalized spacial score (nSPS) is 10.9. The molecule has 0 N–H and O–H groups in total. The minimum absolute atomic E-state index is 0.0605. The number of hydrogen-bond acceptors (Lipinski definition) is 6. The third kappa shape index (κ3) is 4.90. The van der Waals surface area contributed by atoms with E-state index in [9.17, 15) is 14.4 Å². The lowest BCUT2D eigenvalue weighted by molar-refractivity contribution is -0.147. The van der Waals surface area contributed by atoms with Gasteiger partial charge in [0.15, 0.2) is 6.61 Å². The summed E-state index contributed by atoms with van der Waals surface area (Å²) in [4.78, 5) is 34.6. The molecule has 6 heteroatoms. The maximum atomic E-state index is 12.1. The van der Waals surface area contributed by atoms with Crippen LogP contribution in [0.25, 0.3) is 11.0 Å². The summed E-state index contributed by atoms with van der Waals surface area (Å²) in [5.41, 5.74) is 3.26. The molecule has 0 spiro atoms. The van der Waals surface area contributed by atoms with Crippen LogP contribution in [0.3, 0.4) is 0 Å². The number of ether oxygens (including phenoxy) is 2. The van der Waals surface area contributed by atoms with Crippen LogP contribution in [0, 0.1) is 6.92 Å². The second-order valence-electron chi connectivity index (χ2n) is 7.09. The molecular weight excluding hydrogens is 372 g/mol. The van der Waals surface area contributed by atoms with E-state index < -0.39 is 11.6 Å². The zero-order chi connectivity index (χ0) is 21.0. The van der Waals surface area contributed by atoms with E-state index in [0.29, 0.717) is 28.4 Å². The van der Waals surface area contributed by atoms with E-state index >= 15 is 0 Å². The highest BCUT2D eigenvalue weighted by atomic mass is 16.6. The molecule has 0 unspecified atom stereocenters. The molecule has 3 aromatic rings. The molecular formula is C23H22O6. The standard InChI is InChI=1S/C23H22O6/c1-14(2)19-10-20-17(9-22(25)29-21(20)8-15(19)3)12-28-23(26)13-27-18-6-4-16(11-24)5-7-18/h4-11,14H,12-13H2,1-3H3. The van der Waals surface area contributed by atoms with Crippen LogP contribution in [0.15, 0.2) is 51.7 Å². The molecule has 0 aliphatic rings. The van der Waals surface area contributed by atoms with Crippen LogP contribution < -0.4 is 10.4 Å². The predicted molar refractivity (Wildman–Crippen MR) is 108 cm³/mol. The monoisotopic (exact) mass is 394 g/mol. The Morgan fingerprint density at radius 1 is 1.14 bits per heavy atom. The van der Waals surface area contributed by atoms with Crippen molar-refractivity contribution in [1.82, 2.24) is 0 Å². The highest BCUT2D eigenvalue weighted by molar-refractivity contribution is 5.82. The molecule has 1 heterocycles. The Morgan fingerprint density at radius 3 is 2.52 bits per heavy atom. The van der Waals surface area contributed by atoms with Crippen LogP contribution >= 0.6 is 0 Å². The first kappa shape index (κ1) is 20.3. The van der Waals surface area contributed by atoms with E-state index in [1.54, 1.807) is 24.3 Å². The quantitative estimate of drug-likeness (QED) is 0.340. The van der Waals surface area contributed by atoms with E-state index in [0.717, 1.165) is 22.8 Å². The fraction of sp³-hybridized carbons (Fsp3) is 0.261. The van der Waals surface area contributed by atoms with Gasteiger partial charge in [-0.15, -0.1) is 0 Å². The molecule has 0 amide bonds. The summed E-state index contributed by atoms with van der Waals surface area (Å²) in [5.74, 6) is 0.193. The van der Waals surface area contributed by atoms with Gasteiger partial charge in [0.25, 0.3) is 0 Å². The van der Waals surface area contributed by atoms with E-state index in [1.165, 1.54) is 6.07 Å². The summed E-state index contributed by atoms with van der Waals surface area (Å²) in [6.07, 6.45) is 0.727. The highest BCUT2D eigenvalue weighted by Gasteiger charge is 2.13. The van der Waals surface area contributed by atoms with Crippen molar-refractivity contribution in [2.75, 3.05) is 6.61 Å². The number of hydrogen-bond donors (Lipinski definition) is 0. The smallest absolute Gasteiger partial charge is 0.344 e. The molecule has 0 fully saturated rings. The lowest BCUT2D eigenvalue weighted by Gasteiger charge is -2.13. The second kappa shape index (κ2) is 8.73. The molecule has 1 aromatic heterocycles. The van der Waals surface area contributed by atoms with Crippen LogP contribution in [0.4, 0.5) is 0 Å². The highest BCUT2D eigenvalue weighted by Crippen LogP contribution is 2.27. The summed E-state index contributed by atoms with van der Waals surface area (Å²) in [7, 11) is 0. The molecule has 29 heavy (non-hydrogen) atoms. The molecule has 0 saturated carbocycles. The van der Waals surface area contributed by atoms with Crippen molar-refractivity contribution in [2.24, 2.45) is 0 Å². The topological polar surface area (TPSA) is 82.8 Å². The molecule has 0 radical (unpaired) electrons. The van der Waals surface area contributed by atoms with Gasteiger partial charge >= 0.3 is 11.6 Å². The van der Waals surface area contributed by atoms with E-state index in [-0.39, 0.29) is 13.2 Å². The Balaban J connectivity index is 1.71. The van der Waals surface area contributed by atoms with Gasteiger partial charge < -0.3 is 13.9 Å². The van der Waals surface area contributed by atoms with Gasteiger partial charge in [0.2, 0.25) is 0 Å². The van der Waals surface area contributed by atoms with Gasteiger partial charge in [0.1, 0.15) is 24.2 Å². The van der Waals surface area contributed by atoms with Crippen molar-refractivity contribution >= 4 is 23.2 Å². The fourth-order valence-electron chi connectivity index (χ4n) is 3.12. The minimum atomic E-state index is -0.568. The maximum absolute atomic E-state index is 12.1. The molecule has 150 valence electrons. The van der Waals surface area contributed by atoms with Crippen molar-refractivity contribution in [1.29, 1.82) is 0 Å². The zero-order valence-corrected chi connectivity index (χ0v) is 16.6. The summed E-state index contributed by atoms with van der Waals surface area (Å²) in [6.45, 7) is 5.81. The van der Waals surface area contributed by atoms with E-state index in [4.69, 9.17) is 13.9 Å². The van der Waals surface area contributed by atoms with Crippen LogP contribution in [0.2, 0.25) is 0 Å². The molecule has 2 aromatic carbocycles. The number of rotatable bonds is 7. The number of benzene rings is 2. The van der Waals surface area contributed by atoms with Gasteiger partial charge in [-0.2, -0.15) is 0 Å². The summed E-state index contributed by atoms with van der Waals surface area (Å²) in [5, 5.41) is 0.747. The van der Waals surface area contributed by atoms with Gasteiger partial charge in [-0.3, -0.25) is 4.79 Å². The number of fused-ring (bicyclic) bond motifs is 1. The molecule has 0 saturated heterocycles. The van der Waals surface area contributed by atoms with Gasteiger partial charge in [0.05, 0.1) is 0 Å². The van der Waals surface area contributed by atoms with Gasteiger partial charge in [-0.1, -0.05) is 13.8 Å². The Morgan fingerprint density at radius 2 is 1.86 bits per heavy atom. The van der Waals surface area contributed by atoms with Crippen molar-refractivity contribution in [2.45, 2.75) is 33.3 Å². The largest absolute Gasteiger partial charge is 0.482 e. The first-order chi connectivity index (χ1) is 13.9. The number of carbonyl (C=O) groups is 2. The molecule has 0 aliphatic carbocycles. The van der Waals surface area contributed by atoms with Gasteiger partial charge in [-0.05, 0) is 60.4 Å². The van der Waals surface area contributed by atoms with E-state index in [1.807, 2.05) is 19.1 Å². The van der Waals surface area contributed by atoms with Crippen molar-refractivity contribution in [3.8, 4) is 5.75 Å². The van der Waals surface area contributed by atoms with Crippen molar-refractivity contribution < 1.29 is 23.5 Å². The average Bonchev–Trinajstić information content (AvgIpc) is 2.69. The summed E-state index contributed by atoms with van der Waals surface area (Å²) in [6, 6.07) is 11.5. The van der Waals surface area contributed by atoms with Gasteiger partial charge in [0, 0.05) is 22.6 Å². The third-order valence-electron chi connectivity index (χ3n) is 4.60. The average molecular weight is 394 g/mol. The fourth-order valence-corrected chi connectivity index (χ4v) is 3.12. The molecule has 0 aliphatic heterocycles. The van der Waals surface area contributed by atoms with E-state index in [2.05, 4.69) is 13.8 Å². The predicted octanol–water partition coefficient (Wildman–Crippen LogP) is 4.16. The van der Waals surface area contributed by atoms with Crippen LogP contribution in [-0.4, -0.2) is 18.9 Å². The summed E-state index contributed by atoms with van der Waals surface area (Å²) >= 11 is 0. The van der Waals surface area contributed by atoms with Crippen molar-refractivity contribution in [3.05, 3.63) is 75.1 Å². The number of aryl methyl sites for hydroxylation is 1.